The van der Waals surface area contributed by atoms with Crippen LogP contribution >= 0.6 is 0 Å². The molecule has 2 aliphatic heterocycles. The van der Waals surface area contributed by atoms with E-state index in [1.807, 2.05) is 23.1 Å². The van der Waals surface area contributed by atoms with Crippen LogP contribution in [0.5, 0.6) is 0 Å². The molecule has 0 unspecified atom stereocenters. The van der Waals surface area contributed by atoms with Crippen molar-refractivity contribution in [1.29, 1.82) is 0 Å². The average Bonchev–Trinajstić information content (AvgIpc) is 3.12. The van der Waals surface area contributed by atoms with Gasteiger partial charge in [0.15, 0.2) is 0 Å². The lowest BCUT2D eigenvalue weighted by Gasteiger charge is -2.20. The van der Waals surface area contributed by atoms with Crippen molar-refractivity contribution in [3.05, 3.63) is 47.9 Å². The predicted molar refractivity (Wildman–Crippen MR) is 106 cm³/mol. The van der Waals surface area contributed by atoms with Crippen LogP contribution in [0.3, 0.4) is 0 Å². The summed E-state index contributed by atoms with van der Waals surface area (Å²) in [5.74, 6) is 0.539. The van der Waals surface area contributed by atoms with Crippen LogP contribution in [-0.2, 0) is 27.3 Å². The third-order valence-corrected chi connectivity index (χ3v) is 5.98. The Morgan fingerprint density at radius 2 is 2.03 bits per heavy atom. The van der Waals surface area contributed by atoms with Gasteiger partial charge in [0.05, 0.1) is 18.7 Å². The minimum absolute atomic E-state index is 0.0491. The van der Waals surface area contributed by atoms with Gasteiger partial charge in [0, 0.05) is 36.8 Å². The Labute approximate surface area is 168 Å². The molecule has 3 amide bonds. The molecule has 1 aromatic heterocycles. The highest BCUT2D eigenvalue weighted by atomic mass is 16.3. The monoisotopic (exact) mass is 393 g/mol. The highest BCUT2D eigenvalue weighted by Gasteiger charge is 2.38. The second-order valence-corrected chi connectivity index (χ2v) is 8.03. The normalized spacial score (nSPS) is 20.8. The molecule has 3 aliphatic rings. The Morgan fingerprint density at radius 3 is 2.79 bits per heavy atom. The standard InChI is InChI=1S/C22H23N3O4/c26-20-11-16(21(27)23-12-18-2-1-9-29-18)13-25(20)17-5-6-19-15(10-17)7-8-24(19)22(28)14-3-4-14/h1-2,5-6,9-10,14,16H,3-4,7-8,11-13H2,(H,23,27)/t16-/m1/s1. The zero-order valence-electron chi connectivity index (χ0n) is 16.1. The third kappa shape index (κ3) is 3.41. The molecule has 1 aromatic carbocycles. The molecule has 5 rings (SSSR count). The lowest BCUT2D eigenvalue weighted by molar-refractivity contribution is -0.126. The van der Waals surface area contributed by atoms with Gasteiger partial charge >= 0.3 is 0 Å². The maximum Gasteiger partial charge on any atom is 0.230 e. The summed E-state index contributed by atoms with van der Waals surface area (Å²) in [6.45, 7) is 1.40. The number of furan rings is 1. The molecule has 3 heterocycles. The van der Waals surface area contributed by atoms with E-state index >= 15 is 0 Å². The first-order chi connectivity index (χ1) is 14.1. The Balaban J connectivity index is 1.26. The molecule has 2 aromatic rings. The average molecular weight is 393 g/mol. The van der Waals surface area contributed by atoms with Crippen molar-refractivity contribution in [2.45, 2.75) is 32.2 Å². The molecule has 1 atom stereocenters. The highest BCUT2D eigenvalue weighted by molar-refractivity contribution is 6.02. The van der Waals surface area contributed by atoms with Crippen LogP contribution in [0.1, 0.15) is 30.6 Å². The van der Waals surface area contributed by atoms with Crippen LogP contribution in [0.2, 0.25) is 0 Å². The molecule has 2 fully saturated rings. The second kappa shape index (κ2) is 7.06. The van der Waals surface area contributed by atoms with Gasteiger partial charge in [-0.05, 0) is 55.2 Å². The molecule has 0 bridgehead atoms. The van der Waals surface area contributed by atoms with Crippen molar-refractivity contribution in [1.82, 2.24) is 5.32 Å². The number of carbonyl (C=O) groups excluding carboxylic acids is 3. The molecule has 1 saturated heterocycles. The number of anilines is 2. The summed E-state index contributed by atoms with van der Waals surface area (Å²) >= 11 is 0. The van der Waals surface area contributed by atoms with Gasteiger partial charge in [0.2, 0.25) is 17.7 Å². The number of amides is 3. The Kier molecular flexibility index (Phi) is 4.38. The van der Waals surface area contributed by atoms with Crippen LogP contribution in [-0.4, -0.2) is 30.8 Å². The minimum Gasteiger partial charge on any atom is -0.467 e. The lowest BCUT2D eigenvalue weighted by Crippen LogP contribution is -2.32. The van der Waals surface area contributed by atoms with Crippen molar-refractivity contribution < 1.29 is 18.8 Å². The van der Waals surface area contributed by atoms with Crippen LogP contribution in [0, 0.1) is 11.8 Å². The van der Waals surface area contributed by atoms with Gasteiger partial charge in [0.1, 0.15) is 5.76 Å². The van der Waals surface area contributed by atoms with E-state index in [1.54, 1.807) is 23.3 Å². The zero-order valence-corrected chi connectivity index (χ0v) is 16.1. The molecule has 7 nitrogen and oxygen atoms in total. The van der Waals surface area contributed by atoms with E-state index in [0.29, 0.717) is 25.4 Å². The van der Waals surface area contributed by atoms with Crippen LogP contribution < -0.4 is 15.1 Å². The van der Waals surface area contributed by atoms with Crippen molar-refractivity contribution >= 4 is 29.1 Å². The summed E-state index contributed by atoms with van der Waals surface area (Å²) < 4.78 is 5.22. The number of nitrogens with zero attached hydrogens (tertiary/aromatic N) is 2. The summed E-state index contributed by atoms with van der Waals surface area (Å²) in [7, 11) is 0. The van der Waals surface area contributed by atoms with Crippen LogP contribution in [0.15, 0.2) is 41.0 Å². The van der Waals surface area contributed by atoms with Crippen LogP contribution in [0.25, 0.3) is 0 Å². The Bertz CT molecular complexity index is 964. The number of nitrogens with one attached hydrogen (secondary N) is 1. The molecule has 1 saturated carbocycles. The van der Waals surface area contributed by atoms with E-state index in [4.69, 9.17) is 4.42 Å². The van der Waals surface area contributed by atoms with E-state index in [2.05, 4.69) is 5.32 Å². The molecule has 7 heteroatoms. The molecule has 29 heavy (non-hydrogen) atoms. The number of hydrogen-bond donors (Lipinski definition) is 1. The summed E-state index contributed by atoms with van der Waals surface area (Å²) in [5.41, 5.74) is 2.86. The van der Waals surface area contributed by atoms with Crippen molar-refractivity contribution in [2.24, 2.45) is 11.8 Å². The summed E-state index contributed by atoms with van der Waals surface area (Å²) in [5, 5.41) is 2.84. The first-order valence-corrected chi connectivity index (χ1v) is 10.1. The number of carbonyl (C=O) groups is 3. The zero-order chi connectivity index (χ0) is 20.0. The Morgan fingerprint density at radius 1 is 1.17 bits per heavy atom. The molecule has 1 N–H and O–H groups in total. The van der Waals surface area contributed by atoms with Gasteiger partial charge < -0.3 is 19.5 Å². The summed E-state index contributed by atoms with van der Waals surface area (Å²) in [6.07, 6.45) is 4.56. The Hall–Kier alpha value is -3.09. The van der Waals surface area contributed by atoms with Gasteiger partial charge in [-0.15, -0.1) is 0 Å². The quantitative estimate of drug-likeness (QED) is 0.845. The predicted octanol–water partition coefficient (Wildman–Crippen LogP) is 2.25. The van der Waals surface area contributed by atoms with Gasteiger partial charge in [-0.3, -0.25) is 14.4 Å². The van der Waals surface area contributed by atoms with Crippen LogP contribution in [0.4, 0.5) is 11.4 Å². The van der Waals surface area contributed by atoms with E-state index in [0.717, 1.165) is 36.2 Å². The fourth-order valence-corrected chi connectivity index (χ4v) is 4.20. The highest BCUT2D eigenvalue weighted by Crippen LogP contribution is 2.38. The lowest BCUT2D eigenvalue weighted by atomic mass is 10.1. The summed E-state index contributed by atoms with van der Waals surface area (Å²) in [4.78, 5) is 41.0. The molecule has 150 valence electrons. The molecular formula is C22H23N3O4. The SMILES string of the molecule is O=C(NCc1ccco1)[C@@H]1CC(=O)N(c2ccc3c(c2)CCN3C(=O)C2CC2)C1. The number of benzene rings is 1. The molecule has 0 radical (unpaired) electrons. The van der Waals surface area contributed by atoms with Crippen molar-refractivity contribution in [2.75, 3.05) is 22.9 Å². The summed E-state index contributed by atoms with van der Waals surface area (Å²) in [6, 6.07) is 9.40. The van der Waals surface area contributed by atoms with Gasteiger partial charge in [0.25, 0.3) is 0 Å². The number of hydrogen-bond acceptors (Lipinski definition) is 4. The maximum absolute atomic E-state index is 12.6. The fraction of sp³-hybridized carbons (Fsp3) is 0.409. The fourth-order valence-electron chi connectivity index (χ4n) is 4.20. The number of rotatable bonds is 5. The molecule has 0 spiro atoms. The first-order valence-electron chi connectivity index (χ1n) is 10.1. The van der Waals surface area contributed by atoms with Crippen molar-refractivity contribution in [3.8, 4) is 0 Å². The maximum atomic E-state index is 12.6. The van der Waals surface area contributed by atoms with E-state index in [1.165, 1.54) is 0 Å². The smallest absolute Gasteiger partial charge is 0.230 e. The molecular weight excluding hydrogens is 370 g/mol. The van der Waals surface area contributed by atoms with Crippen molar-refractivity contribution in [3.63, 3.8) is 0 Å². The van der Waals surface area contributed by atoms with E-state index in [-0.39, 0.29) is 36.0 Å². The largest absolute Gasteiger partial charge is 0.467 e. The van der Waals surface area contributed by atoms with E-state index < -0.39 is 0 Å². The minimum atomic E-state index is -0.376. The van der Waals surface area contributed by atoms with Gasteiger partial charge in [-0.25, -0.2) is 0 Å². The van der Waals surface area contributed by atoms with Gasteiger partial charge in [-0.1, -0.05) is 0 Å². The third-order valence-electron chi connectivity index (χ3n) is 5.98. The second-order valence-electron chi connectivity index (χ2n) is 8.03. The molecule has 1 aliphatic carbocycles. The van der Waals surface area contributed by atoms with Gasteiger partial charge in [-0.2, -0.15) is 0 Å². The van der Waals surface area contributed by atoms with E-state index in [9.17, 15) is 14.4 Å². The topological polar surface area (TPSA) is 82.9 Å². The number of fused-ring (bicyclic) bond motifs is 1. The first kappa shape index (κ1) is 18.0.